The first-order valence-corrected chi connectivity index (χ1v) is 9.14. The number of aromatic nitrogens is 2. The Bertz CT molecular complexity index is 832. The summed E-state index contributed by atoms with van der Waals surface area (Å²) in [6.45, 7) is 9.25. The molecule has 3 rings (SSSR count). The van der Waals surface area contributed by atoms with Gasteiger partial charge in [-0.2, -0.15) is 0 Å². The molecule has 2 aromatic heterocycles. The molecule has 138 valence electrons. The van der Waals surface area contributed by atoms with Crippen molar-refractivity contribution < 1.29 is 13.4 Å². The molecular weight excluding hydrogens is 401 g/mol. The molecule has 0 radical (unpaired) electrons. The van der Waals surface area contributed by atoms with Crippen molar-refractivity contribution in [3.8, 4) is 0 Å². The van der Waals surface area contributed by atoms with E-state index in [-0.39, 0.29) is 5.82 Å². The van der Waals surface area contributed by atoms with Gasteiger partial charge in [0.25, 0.3) is 0 Å². The Hall–Kier alpha value is -1.99. The first-order chi connectivity index (χ1) is 12.3. The van der Waals surface area contributed by atoms with Crippen LogP contribution in [-0.4, -0.2) is 15.2 Å². The van der Waals surface area contributed by atoms with Crippen LogP contribution in [0.15, 0.2) is 31.7 Å². The summed E-state index contributed by atoms with van der Waals surface area (Å²) < 4.78 is 25.7. The van der Waals surface area contributed by atoms with Crippen molar-refractivity contribution >= 4 is 15.9 Å². The van der Waals surface area contributed by atoms with Gasteiger partial charge in [0.15, 0.2) is 0 Å². The number of halogens is 2. The van der Waals surface area contributed by atoms with Crippen LogP contribution in [0, 0.1) is 33.5 Å². The van der Waals surface area contributed by atoms with Gasteiger partial charge in [0.2, 0.25) is 0 Å². The number of hydrogen-bond acceptors (Lipinski definition) is 5. The van der Waals surface area contributed by atoms with Gasteiger partial charge in [-0.1, -0.05) is 26.2 Å². The average molecular weight is 422 g/mol. The van der Waals surface area contributed by atoms with Crippen LogP contribution in [0.1, 0.15) is 39.6 Å². The number of aryl methyl sites for hydroxylation is 4. The molecular formula is C19H21BrFN3O2. The maximum Gasteiger partial charge on any atom is 0.138 e. The predicted octanol–water partition coefficient (Wildman–Crippen LogP) is 5.00. The van der Waals surface area contributed by atoms with E-state index in [1.807, 2.05) is 33.8 Å². The summed E-state index contributed by atoms with van der Waals surface area (Å²) in [6.07, 6.45) is 0. The highest BCUT2D eigenvalue weighted by Crippen LogP contribution is 2.24. The molecule has 0 saturated heterocycles. The van der Waals surface area contributed by atoms with Gasteiger partial charge in [-0.25, -0.2) is 4.39 Å². The Labute approximate surface area is 160 Å². The second-order valence-corrected chi connectivity index (χ2v) is 7.40. The summed E-state index contributed by atoms with van der Waals surface area (Å²) in [6, 6.07) is 4.98. The zero-order valence-corrected chi connectivity index (χ0v) is 16.9. The van der Waals surface area contributed by atoms with E-state index in [0.29, 0.717) is 25.2 Å². The van der Waals surface area contributed by atoms with E-state index in [2.05, 4.69) is 31.1 Å². The van der Waals surface area contributed by atoms with E-state index in [0.717, 1.165) is 38.5 Å². The maximum atomic E-state index is 14.3. The zero-order valence-electron chi connectivity index (χ0n) is 15.3. The summed E-state index contributed by atoms with van der Waals surface area (Å²) in [5.74, 6) is 1.33. The molecule has 0 unspecified atom stereocenters. The lowest BCUT2D eigenvalue weighted by atomic mass is 10.1. The van der Waals surface area contributed by atoms with Crippen LogP contribution < -0.4 is 0 Å². The summed E-state index contributed by atoms with van der Waals surface area (Å²) in [5, 5.41) is 8.05. The quantitative estimate of drug-likeness (QED) is 0.560. The zero-order chi connectivity index (χ0) is 18.8. The Kier molecular flexibility index (Phi) is 5.58. The molecule has 2 heterocycles. The predicted molar refractivity (Wildman–Crippen MR) is 99.0 cm³/mol. The van der Waals surface area contributed by atoms with Gasteiger partial charge >= 0.3 is 0 Å². The van der Waals surface area contributed by atoms with Crippen molar-refractivity contribution in [2.75, 3.05) is 0 Å². The Balaban J connectivity index is 1.91. The van der Waals surface area contributed by atoms with E-state index < -0.39 is 0 Å². The van der Waals surface area contributed by atoms with Crippen LogP contribution >= 0.6 is 15.9 Å². The van der Waals surface area contributed by atoms with E-state index in [1.54, 1.807) is 6.07 Å². The molecule has 0 bridgehead atoms. The molecule has 0 aliphatic heterocycles. The number of benzene rings is 1. The lowest BCUT2D eigenvalue weighted by molar-refractivity contribution is 0.240. The molecule has 0 amide bonds. The second kappa shape index (κ2) is 7.72. The van der Waals surface area contributed by atoms with Crippen molar-refractivity contribution in [3.05, 3.63) is 68.1 Å². The number of hydrogen-bond donors (Lipinski definition) is 0. The van der Waals surface area contributed by atoms with Crippen molar-refractivity contribution in [2.24, 2.45) is 0 Å². The molecule has 7 heteroatoms. The first-order valence-electron chi connectivity index (χ1n) is 8.35. The largest absolute Gasteiger partial charge is 0.361 e. The molecule has 0 atom stereocenters. The van der Waals surface area contributed by atoms with E-state index in [1.165, 1.54) is 6.07 Å². The Morgan fingerprint density at radius 3 is 1.92 bits per heavy atom. The number of rotatable bonds is 6. The van der Waals surface area contributed by atoms with Crippen LogP contribution in [0.25, 0.3) is 0 Å². The number of nitrogens with zero attached hydrogens (tertiary/aromatic N) is 3. The third-order valence-electron chi connectivity index (χ3n) is 4.53. The fourth-order valence-corrected chi connectivity index (χ4v) is 3.38. The van der Waals surface area contributed by atoms with Crippen LogP contribution in [0.3, 0.4) is 0 Å². The van der Waals surface area contributed by atoms with E-state index >= 15 is 0 Å². The molecule has 0 aliphatic carbocycles. The van der Waals surface area contributed by atoms with Crippen LogP contribution in [0.4, 0.5) is 4.39 Å². The molecule has 0 spiro atoms. The van der Waals surface area contributed by atoms with Crippen molar-refractivity contribution in [3.63, 3.8) is 0 Å². The average Bonchev–Trinajstić information content (AvgIpc) is 3.08. The molecule has 0 saturated carbocycles. The SMILES string of the molecule is Cc1noc(C)c1CN(Cc1cc(Br)ccc1F)Cc1c(C)noc1C. The van der Waals surface area contributed by atoms with E-state index in [4.69, 9.17) is 9.05 Å². The molecule has 1 aromatic carbocycles. The van der Waals surface area contributed by atoms with Gasteiger partial charge in [-0.05, 0) is 45.9 Å². The lowest BCUT2D eigenvalue weighted by Gasteiger charge is -2.23. The maximum absolute atomic E-state index is 14.3. The topological polar surface area (TPSA) is 55.3 Å². The van der Waals surface area contributed by atoms with Gasteiger partial charge < -0.3 is 9.05 Å². The monoisotopic (exact) mass is 421 g/mol. The fourth-order valence-electron chi connectivity index (χ4n) is 2.98. The third-order valence-corrected chi connectivity index (χ3v) is 5.02. The highest BCUT2D eigenvalue weighted by atomic mass is 79.9. The first kappa shape index (κ1) is 18.8. The van der Waals surface area contributed by atoms with Gasteiger partial charge in [0.05, 0.1) is 11.4 Å². The van der Waals surface area contributed by atoms with Crippen LogP contribution in [0.2, 0.25) is 0 Å². The highest BCUT2D eigenvalue weighted by molar-refractivity contribution is 9.10. The van der Waals surface area contributed by atoms with Gasteiger partial charge in [-0.3, -0.25) is 4.90 Å². The lowest BCUT2D eigenvalue weighted by Crippen LogP contribution is -2.24. The summed E-state index contributed by atoms with van der Waals surface area (Å²) in [4.78, 5) is 2.14. The molecule has 3 aromatic rings. The minimum absolute atomic E-state index is 0.226. The fraction of sp³-hybridized carbons (Fsp3) is 0.368. The van der Waals surface area contributed by atoms with Gasteiger partial charge in [0.1, 0.15) is 17.3 Å². The van der Waals surface area contributed by atoms with Crippen molar-refractivity contribution in [2.45, 2.75) is 47.3 Å². The second-order valence-electron chi connectivity index (χ2n) is 6.49. The highest BCUT2D eigenvalue weighted by Gasteiger charge is 2.19. The minimum atomic E-state index is -0.226. The third kappa shape index (κ3) is 4.04. The molecule has 26 heavy (non-hydrogen) atoms. The minimum Gasteiger partial charge on any atom is -0.361 e. The van der Waals surface area contributed by atoms with Crippen LogP contribution in [-0.2, 0) is 19.6 Å². The molecule has 0 aliphatic rings. The molecule has 0 N–H and O–H groups in total. The standard InChI is InChI=1S/C19H21BrFN3O2/c1-11-17(13(3)25-22-11)9-24(10-18-12(2)23-26-14(18)4)8-15-7-16(20)5-6-19(15)21/h5-7H,8-10H2,1-4H3. The van der Waals surface area contributed by atoms with Gasteiger partial charge in [0, 0.05) is 40.8 Å². The smallest absolute Gasteiger partial charge is 0.138 e. The van der Waals surface area contributed by atoms with E-state index in [9.17, 15) is 4.39 Å². The molecule has 0 fully saturated rings. The summed E-state index contributed by atoms with van der Waals surface area (Å²) in [7, 11) is 0. The summed E-state index contributed by atoms with van der Waals surface area (Å²) in [5.41, 5.74) is 4.36. The normalized spacial score (nSPS) is 11.5. The van der Waals surface area contributed by atoms with Gasteiger partial charge in [-0.15, -0.1) is 0 Å². The van der Waals surface area contributed by atoms with Crippen LogP contribution in [0.5, 0.6) is 0 Å². The van der Waals surface area contributed by atoms with Crippen molar-refractivity contribution in [1.82, 2.24) is 15.2 Å². The Morgan fingerprint density at radius 1 is 0.923 bits per heavy atom. The Morgan fingerprint density at radius 2 is 1.46 bits per heavy atom. The molecule has 5 nitrogen and oxygen atoms in total. The summed E-state index contributed by atoms with van der Waals surface area (Å²) >= 11 is 3.42. The van der Waals surface area contributed by atoms with Crippen molar-refractivity contribution in [1.29, 1.82) is 0 Å².